The van der Waals surface area contributed by atoms with E-state index in [1.165, 1.54) is 0 Å². The average molecular weight is 378 g/mol. The molecule has 1 fully saturated rings. The molecule has 0 radical (unpaired) electrons. The van der Waals surface area contributed by atoms with Crippen molar-refractivity contribution >= 4 is 20.8 Å². The second-order valence-electron chi connectivity index (χ2n) is 7.04. The van der Waals surface area contributed by atoms with Crippen LogP contribution in [0.2, 0.25) is 0 Å². The smallest absolute Gasteiger partial charge is 0.241 e. The molecule has 0 saturated carbocycles. The Kier molecular flexibility index (Phi) is 5.94. The summed E-state index contributed by atoms with van der Waals surface area (Å²) in [6, 6.07) is 13.2. The van der Waals surface area contributed by atoms with Gasteiger partial charge in [0.25, 0.3) is 0 Å². The molecule has 1 aliphatic heterocycles. The highest BCUT2D eigenvalue weighted by atomic mass is 32.2. The first-order valence-electron chi connectivity index (χ1n) is 9.00. The summed E-state index contributed by atoms with van der Waals surface area (Å²) >= 11 is 0. The fourth-order valence-electron chi connectivity index (χ4n) is 3.55. The van der Waals surface area contributed by atoms with Crippen molar-refractivity contribution < 1.29 is 13.5 Å². The van der Waals surface area contributed by atoms with Crippen LogP contribution in [-0.2, 0) is 10.0 Å². The lowest BCUT2D eigenvalue weighted by Gasteiger charge is -2.40. The van der Waals surface area contributed by atoms with Crippen LogP contribution in [0.1, 0.15) is 13.8 Å². The number of sulfonamides is 1. The highest BCUT2D eigenvalue weighted by Gasteiger charge is 2.27. The topological polar surface area (TPSA) is 81.7 Å². The largest absolute Gasteiger partial charge is 0.390 e. The van der Waals surface area contributed by atoms with Gasteiger partial charge in [-0.2, -0.15) is 0 Å². The molecule has 7 heteroatoms. The van der Waals surface area contributed by atoms with Crippen molar-refractivity contribution in [1.82, 2.24) is 14.9 Å². The van der Waals surface area contributed by atoms with E-state index in [2.05, 4.69) is 28.8 Å². The predicted molar refractivity (Wildman–Crippen MR) is 104 cm³/mol. The Balaban J connectivity index is 1.68. The zero-order valence-electron chi connectivity index (χ0n) is 15.2. The van der Waals surface area contributed by atoms with Gasteiger partial charge in [-0.05, 0) is 25.3 Å². The lowest BCUT2D eigenvalue weighted by atomic mass is 10.1. The maximum Gasteiger partial charge on any atom is 0.241 e. The summed E-state index contributed by atoms with van der Waals surface area (Å²) in [7, 11) is -3.69. The van der Waals surface area contributed by atoms with E-state index in [0.717, 1.165) is 18.5 Å². The molecule has 1 heterocycles. The van der Waals surface area contributed by atoms with Crippen LogP contribution in [0.25, 0.3) is 10.8 Å². The van der Waals surface area contributed by atoms with E-state index in [-0.39, 0.29) is 11.4 Å². The summed E-state index contributed by atoms with van der Waals surface area (Å²) in [4.78, 5) is 2.46. The molecule has 3 atom stereocenters. The van der Waals surface area contributed by atoms with Crippen LogP contribution in [0.3, 0.4) is 0 Å². The van der Waals surface area contributed by atoms with Crippen LogP contribution in [0.5, 0.6) is 0 Å². The first-order chi connectivity index (χ1) is 12.4. The van der Waals surface area contributed by atoms with Gasteiger partial charge in [-0.1, -0.05) is 36.4 Å². The van der Waals surface area contributed by atoms with Gasteiger partial charge in [0.15, 0.2) is 0 Å². The van der Waals surface area contributed by atoms with Gasteiger partial charge in [0, 0.05) is 43.6 Å². The Morgan fingerprint density at radius 1 is 1.15 bits per heavy atom. The van der Waals surface area contributed by atoms with Crippen LogP contribution >= 0.6 is 0 Å². The number of hydrogen-bond acceptors (Lipinski definition) is 5. The summed E-state index contributed by atoms with van der Waals surface area (Å²) < 4.78 is 28.0. The molecule has 0 aliphatic carbocycles. The first kappa shape index (κ1) is 19.3. The zero-order valence-corrected chi connectivity index (χ0v) is 16.0. The van der Waals surface area contributed by atoms with Crippen molar-refractivity contribution in [2.45, 2.75) is 36.9 Å². The molecule has 3 rings (SSSR count). The number of nitrogens with one attached hydrogen (secondary N) is 2. The van der Waals surface area contributed by atoms with Gasteiger partial charge in [0.2, 0.25) is 10.0 Å². The lowest BCUT2D eigenvalue weighted by Crippen LogP contribution is -2.57. The van der Waals surface area contributed by atoms with Crippen LogP contribution in [0.4, 0.5) is 0 Å². The molecular formula is C19H27N3O3S. The maximum atomic E-state index is 12.7. The Bertz CT molecular complexity index is 841. The summed E-state index contributed by atoms with van der Waals surface area (Å²) in [5, 5.41) is 15.3. The number of hydrogen-bond donors (Lipinski definition) is 3. The average Bonchev–Trinajstić information content (AvgIpc) is 2.63. The molecule has 26 heavy (non-hydrogen) atoms. The third-order valence-electron chi connectivity index (χ3n) is 4.98. The Hall–Kier alpha value is -1.51. The molecule has 0 aromatic heterocycles. The number of rotatable bonds is 6. The Morgan fingerprint density at radius 3 is 2.54 bits per heavy atom. The quantitative estimate of drug-likeness (QED) is 0.704. The highest BCUT2D eigenvalue weighted by molar-refractivity contribution is 7.89. The van der Waals surface area contributed by atoms with Crippen LogP contribution in [0.15, 0.2) is 47.4 Å². The first-order valence-corrected chi connectivity index (χ1v) is 10.5. The van der Waals surface area contributed by atoms with E-state index in [0.29, 0.717) is 24.0 Å². The molecule has 142 valence electrons. The van der Waals surface area contributed by atoms with Crippen molar-refractivity contribution in [3.8, 4) is 0 Å². The third-order valence-corrected chi connectivity index (χ3v) is 6.46. The maximum absolute atomic E-state index is 12.7. The van der Waals surface area contributed by atoms with Gasteiger partial charge >= 0.3 is 0 Å². The number of piperazine rings is 1. The zero-order chi connectivity index (χ0) is 18.7. The van der Waals surface area contributed by atoms with Crippen molar-refractivity contribution in [3.63, 3.8) is 0 Å². The van der Waals surface area contributed by atoms with Crippen molar-refractivity contribution in [2.75, 3.05) is 26.2 Å². The van der Waals surface area contributed by atoms with Crippen LogP contribution in [-0.4, -0.2) is 62.8 Å². The minimum Gasteiger partial charge on any atom is -0.390 e. The molecule has 3 N–H and O–H groups in total. The highest BCUT2D eigenvalue weighted by Crippen LogP contribution is 2.22. The van der Waals surface area contributed by atoms with Crippen LogP contribution < -0.4 is 10.0 Å². The van der Waals surface area contributed by atoms with Gasteiger partial charge in [0.1, 0.15) is 0 Å². The molecule has 2 aromatic rings. The van der Waals surface area contributed by atoms with Gasteiger partial charge < -0.3 is 10.4 Å². The number of β-amino-alcohol motifs (C(OH)–C–C–N with tert-alkyl or cyclic N) is 1. The lowest BCUT2D eigenvalue weighted by molar-refractivity contribution is 0.0518. The fraction of sp³-hybridized carbons (Fsp3) is 0.474. The van der Waals surface area contributed by atoms with Gasteiger partial charge in [-0.25, -0.2) is 13.1 Å². The Morgan fingerprint density at radius 2 is 1.81 bits per heavy atom. The fourth-order valence-corrected chi connectivity index (χ4v) is 4.85. The number of aliphatic hydroxyl groups is 1. The number of benzene rings is 2. The van der Waals surface area contributed by atoms with Gasteiger partial charge in [0.05, 0.1) is 11.0 Å². The second-order valence-corrected chi connectivity index (χ2v) is 8.77. The minimum atomic E-state index is -3.69. The van der Waals surface area contributed by atoms with Crippen molar-refractivity contribution in [2.24, 2.45) is 0 Å². The summed E-state index contributed by atoms with van der Waals surface area (Å²) in [5.41, 5.74) is 0. The SMILES string of the molecule is C[C@@H]1CNC[C@H](C)N1C[C@H](O)CNS(=O)(=O)c1cccc2ccccc12. The summed E-state index contributed by atoms with van der Waals surface area (Å²) in [6.45, 7) is 6.40. The Labute approximate surface area is 155 Å². The van der Waals surface area contributed by atoms with E-state index in [9.17, 15) is 13.5 Å². The van der Waals surface area contributed by atoms with E-state index >= 15 is 0 Å². The number of fused-ring (bicyclic) bond motifs is 1. The van der Waals surface area contributed by atoms with E-state index in [1.807, 2.05) is 24.3 Å². The minimum absolute atomic E-state index is 0.00504. The third kappa shape index (κ3) is 4.24. The van der Waals surface area contributed by atoms with E-state index in [1.54, 1.807) is 18.2 Å². The molecule has 2 aromatic carbocycles. The summed E-state index contributed by atoms with van der Waals surface area (Å²) in [6.07, 6.45) is -0.761. The molecule has 0 unspecified atom stereocenters. The van der Waals surface area contributed by atoms with Gasteiger partial charge in [-0.15, -0.1) is 0 Å². The molecule has 0 bridgehead atoms. The van der Waals surface area contributed by atoms with E-state index < -0.39 is 16.1 Å². The van der Waals surface area contributed by atoms with Crippen molar-refractivity contribution in [1.29, 1.82) is 0 Å². The summed E-state index contributed by atoms with van der Waals surface area (Å²) in [5.74, 6) is 0. The van der Waals surface area contributed by atoms with Crippen LogP contribution in [0, 0.1) is 0 Å². The normalized spacial score (nSPS) is 23.2. The molecule has 1 aliphatic rings. The monoisotopic (exact) mass is 377 g/mol. The second kappa shape index (κ2) is 8.02. The molecule has 0 spiro atoms. The van der Waals surface area contributed by atoms with Gasteiger partial charge in [-0.3, -0.25) is 4.90 Å². The number of nitrogens with zero attached hydrogens (tertiary/aromatic N) is 1. The van der Waals surface area contributed by atoms with Crippen molar-refractivity contribution in [3.05, 3.63) is 42.5 Å². The predicted octanol–water partition coefficient (Wildman–Crippen LogP) is 1.16. The molecule has 0 amide bonds. The standard InChI is InChI=1S/C19H27N3O3S/c1-14-10-20-11-15(2)22(14)13-17(23)12-21-26(24,25)19-9-5-7-16-6-3-4-8-18(16)19/h3-9,14-15,17,20-21,23H,10-13H2,1-2H3/t14-,15+,17-/m1/s1. The molecule has 6 nitrogen and oxygen atoms in total. The number of aliphatic hydroxyl groups excluding tert-OH is 1. The molecular weight excluding hydrogens is 350 g/mol. The molecule has 1 saturated heterocycles. The van der Waals surface area contributed by atoms with E-state index in [4.69, 9.17) is 0 Å².